The van der Waals surface area contributed by atoms with Crippen molar-refractivity contribution < 1.29 is 23.1 Å². The molecule has 1 aromatic heterocycles. The van der Waals surface area contributed by atoms with Crippen molar-refractivity contribution in [1.29, 1.82) is 0 Å². The van der Waals surface area contributed by atoms with Gasteiger partial charge in [0.25, 0.3) is 5.56 Å². The van der Waals surface area contributed by atoms with E-state index in [2.05, 4.69) is 0 Å². The quantitative estimate of drug-likeness (QED) is 0.594. The minimum atomic E-state index is -4.88. The van der Waals surface area contributed by atoms with Gasteiger partial charge in [0, 0.05) is 25.4 Å². The molecule has 10 heteroatoms. The fourth-order valence-electron chi connectivity index (χ4n) is 2.31. The van der Waals surface area contributed by atoms with Crippen molar-refractivity contribution in [2.75, 3.05) is 6.54 Å². The maximum atomic E-state index is 12.2. The first-order valence-corrected chi connectivity index (χ1v) is 8.50. The number of aromatic nitrogens is 2. The molecule has 0 aliphatic rings. The molecular weight excluding hydrogens is 355 g/mol. The lowest BCUT2D eigenvalue weighted by atomic mass is 10.2. The molecule has 0 fully saturated rings. The van der Waals surface area contributed by atoms with Gasteiger partial charge in [-0.1, -0.05) is 19.8 Å². The van der Waals surface area contributed by atoms with E-state index in [1.54, 1.807) is 12.2 Å². The number of carbonyl (C=O) groups excluding carboxylic acids is 1. The predicted octanol–water partition coefficient (Wildman–Crippen LogP) is 1.02. The zero-order chi connectivity index (χ0) is 19.7. The normalized spacial score (nSPS) is 12.8. The fraction of sp³-hybridized carbons (Fsp3) is 0.688. The maximum absolute atomic E-state index is 12.2. The lowest BCUT2D eigenvalue weighted by molar-refractivity contribution is -0.173. The van der Waals surface area contributed by atoms with Crippen molar-refractivity contribution in [1.82, 2.24) is 14.5 Å². The summed E-state index contributed by atoms with van der Waals surface area (Å²) in [7, 11) is 0. The Hall–Kier alpha value is -2.10. The fourth-order valence-corrected chi connectivity index (χ4v) is 2.31. The van der Waals surface area contributed by atoms with Crippen LogP contribution in [0.2, 0.25) is 0 Å². The molecule has 0 bridgehead atoms. The number of carbonyl (C=O) groups is 1. The van der Waals surface area contributed by atoms with Crippen LogP contribution in [0.15, 0.2) is 21.9 Å². The average molecular weight is 379 g/mol. The highest BCUT2D eigenvalue weighted by Gasteiger charge is 2.38. The summed E-state index contributed by atoms with van der Waals surface area (Å²) in [5, 5.41) is 11.4. The Labute approximate surface area is 148 Å². The van der Waals surface area contributed by atoms with Gasteiger partial charge in [0.1, 0.15) is 0 Å². The molecule has 1 heterocycles. The van der Waals surface area contributed by atoms with Gasteiger partial charge >= 0.3 is 17.8 Å². The second kappa shape index (κ2) is 10.1. The Balaban J connectivity index is 2.42. The third-order valence-corrected chi connectivity index (χ3v) is 3.87. The third-order valence-electron chi connectivity index (χ3n) is 3.87. The molecule has 2 N–H and O–H groups in total. The van der Waals surface area contributed by atoms with Gasteiger partial charge in [-0.3, -0.25) is 18.7 Å². The van der Waals surface area contributed by atoms with Crippen LogP contribution in [-0.2, 0) is 17.9 Å². The van der Waals surface area contributed by atoms with Crippen LogP contribution in [0.25, 0.3) is 0 Å². The number of aliphatic hydroxyl groups excluding tert-OH is 1. The van der Waals surface area contributed by atoms with Gasteiger partial charge in [0.05, 0.1) is 12.6 Å². The van der Waals surface area contributed by atoms with Crippen molar-refractivity contribution in [2.45, 2.75) is 64.4 Å². The summed E-state index contributed by atoms with van der Waals surface area (Å²) >= 11 is 0. The molecule has 1 aromatic rings. The monoisotopic (exact) mass is 379 g/mol. The molecule has 0 saturated carbocycles. The van der Waals surface area contributed by atoms with Crippen LogP contribution in [0, 0.1) is 0 Å². The van der Waals surface area contributed by atoms with Crippen LogP contribution in [0.5, 0.6) is 0 Å². The number of nitrogens with zero attached hydrogens (tertiary/aromatic N) is 2. The molecule has 1 amide bonds. The molecule has 1 rings (SSSR count). The van der Waals surface area contributed by atoms with Gasteiger partial charge in [0.15, 0.2) is 0 Å². The Morgan fingerprint density at radius 3 is 2.50 bits per heavy atom. The summed E-state index contributed by atoms with van der Waals surface area (Å²) in [6.07, 6.45) is -1.69. The Kier molecular flexibility index (Phi) is 8.56. The van der Waals surface area contributed by atoms with Gasteiger partial charge in [-0.05, 0) is 19.3 Å². The van der Waals surface area contributed by atoms with E-state index < -0.39 is 29.4 Å². The first kappa shape index (κ1) is 21.9. The number of hydrogen-bond acceptors (Lipinski definition) is 4. The van der Waals surface area contributed by atoms with Gasteiger partial charge in [0.2, 0.25) is 0 Å². The molecule has 0 radical (unpaired) electrons. The molecule has 0 saturated heterocycles. The van der Waals surface area contributed by atoms with Crippen molar-refractivity contribution in [3.63, 3.8) is 0 Å². The van der Waals surface area contributed by atoms with Gasteiger partial charge in [-0.15, -0.1) is 0 Å². The highest BCUT2D eigenvalue weighted by molar-refractivity contribution is 5.81. The summed E-state index contributed by atoms with van der Waals surface area (Å²) in [4.78, 5) is 34.7. The largest absolute Gasteiger partial charge is 0.471 e. The predicted molar refractivity (Wildman–Crippen MR) is 88.8 cm³/mol. The molecule has 0 aliphatic heterocycles. The number of aliphatic hydroxyl groups is 1. The number of rotatable bonds is 10. The SMILES string of the molecule is CCC(O)Cn1ccc(=O)n(CCCCCCNC(=O)C(F)(F)F)c1=O. The number of halogens is 3. The summed E-state index contributed by atoms with van der Waals surface area (Å²) in [6.45, 7) is 2.00. The van der Waals surface area contributed by atoms with Crippen molar-refractivity contribution in [2.24, 2.45) is 0 Å². The Morgan fingerprint density at radius 2 is 1.88 bits per heavy atom. The van der Waals surface area contributed by atoms with Crippen LogP contribution in [-0.4, -0.2) is 39.0 Å². The van der Waals surface area contributed by atoms with Crippen LogP contribution < -0.4 is 16.6 Å². The Bertz CT molecular complexity index is 697. The highest BCUT2D eigenvalue weighted by Crippen LogP contribution is 2.14. The number of amides is 1. The van der Waals surface area contributed by atoms with E-state index in [1.165, 1.54) is 16.8 Å². The van der Waals surface area contributed by atoms with E-state index in [0.717, 1.165) is 4.57 Å². The molecule has 1 atom stereocenters. The zero-order valence-corrected chi connectivity index (χ0v) is 14.6. The molecule has 1 unspecified atom stereocenters. The van der Waals surface area contributed by atoms with Crippen LogP contribution in [0.3, 0.4) is 0 Å². The Morgan fingerprint density at radius 1 is 1.23 bits per heavy atom. The summed E-state index contributed by atoms with van der Waals surface area (Å²) in [5.41, 5.74) is -0.933. The standard InChI is InChI=1S/C16H24F3N3O4/c1-2-12(23)11-21-10-7-13(24)22(15(21)26)9-6-4-3-5-8-20-14(25)16(17,18)19/h7,10,12,23H,2-6,8-9,11H2,1H3,(H,20,25). The number of unbranched alkanes of at least 4 members (excludes halogenated alkanes) is 3. The summed E-state index contributed by atoms with van der Waals surface area (Å²) in [5.74, 6) is -1.96. The minimum absolute atomic E-state index is 0.0780. The van der Waals surface area contributed by atoms with Crippen molar-refractivity contribution in [3.05, 3.63) is 33.1 Å². The molecule has 0 spiro atoms. The zero-order valence-electron chi connectivity index (χ0n) is 14.6. The molecule has 148 valence electrons. The smallest absolute Gasteiger partial charge is 0.391 e. The van der Waals surface area contributed by atoms with E-state index >= 15 is 0 Å². The molecule has 26 heavy (non-hydrogen) atoms. The van der Waals surface area contributed by atoms with Gasteiger partial charge < -0.3 is 10.4 Å². The summed E-state index contributed by atoms with van der Waals surface area (Å²) < 4.78 is 38.3. The van der Waals surface area contributed by atoms with Crippen LogP contribution in [0.4, 0.5) is 13.2 Å². The van der Waals surface area contributed by atoms with E-state index in [9.17, 15) is 32.7 Å². The average Bonchev–Trinajstić information content (AvgIpc) is 2.57. The topological polar surface area (TPSA) is 93.3 Å². The highest BCUT2D eigenvalue weighted by atomic mass is 19.4. The van der Waals surface area contributed by atoms with Crippen molar-refractivity contribution >= 4 is 5.91 Å². The second-order valence-electron chi connectivity index (χ2n) is 5.97. The number of nitrogens with one attached hydrogen (secondary N) is 1. The first-order chi connectivity index (χ1) is 12.2. The van der Waals surface area contributed by atoms with E-state index in [0.29, 0.717) is 32.1 Å². The maximum Gasteiger partial charge on any atom is 0.471 e. The first-order valence-electron chi connectivity index (χ1n) is 8.50. The molecular formula is C16H24F3N3O4. The van der Waals surface area contributed by atoms with Crippen LogP contribution in [0.1, 0.15) is 39.0 Å². The van der Waals surface area contributed by atoms with Crippen molar-refractivity contribution in [3.8, 4) is 0 Å². The van der Waals surface area contributed by atoms with Gasteiger partial charge in [-0.2, -0.15) is 13.2 Å². The van der Waals surface area contributed by atoms with Crippen LogP contribution >= 0.6 is 0 Å². The van der Waals surface area contributed by atoms with E-state index in [1.807, 2.05) is 0 Å². The lowest BCUT2D eigenvalue weighted by Gasteiger charge is -2.12. The van der Waals surface area contributed by atoms with E-state index in [4.69, 9.17) is 0 Å². The van der Waals surface area contributed by atoms with Gasteiger partial charge in [-0.25, -0.2) is 4.79 Å². The molecule has 0 aliphatic carbocycles. The van der Waals surface area contributed by atoms with E-state index in [-0.39, 0.29) is 19.6 Å². The number of alkyl halides is 3. The minimum Gasteiger partial charge on any atom is -0.391 e. The summed E-state index contributed by atoms with van der Waals surface area (Å²) in [6, 6.07) is 1.26. The second-order valence-corrected chi connectivity index (χ2v) is 5.97. The molecule has 7 nitrogen and oxygen atoms in total. The lowest BCUT2D eigenvalue weighted by Crippen LogP contribution is -2.40. The number of hydrogen-bond donors (Lipinski definition) is 2. The molecule has 0 aromatic carbocycles. The third kappa shape index (κ3) is 7.03.